The van der Waals surface area contributed by atoms with Crippen LogP contribution in [-0.2, 0) is 14.4 Å². The number of anilines is 2. The van der Waals surface area contributed by atoms with Crippen LogP contribution in [0.2, 0.25) is 0 Å². The molecule has 1 aliphatic rings. The highest BCUT2D eigenvalue weighted by molar-refractivity contribution is 5.93. The highest BCUT2D eigenvalue weighted by atomic mass is 16.2. The molecule has 0 spiro atoms. The number of hydrogen-bond donors (Lipinski definition) is 1. The van der Waals surface area contributed by atoms with Gasteiger partial charge in [0.05, 0.1) is 0 Å². The second-order valence-electron chi connectivity index (χ2n) is 6.46. The Bertz CT molecular complexity index is 637. The summed E-state index contributed by atoms with van der Waals surface area (Å²) in [6.07, 6.45) is 0.305. The summed E-state index contributed by atoms with van der Waals surface area (Å²) in [7, 11) is 0. The van der Waals surface area contributed by atoms with Crippen LogP contribution in [-0.4, -0.2) is 66.8 Å². The first kappa shape index (κ1) is 19.9. The van der Waals surface area contributed by atoms with Crippen LogP contribution in [0.15, 0.2) is 24.3 Å². The summed E-state index contributed by atoms with van der Waals surface area (Å²) in [4.78, 5) is 41.3. The zero-order chi connectivity index (χ0) is 19.1. The topological polar surface area (TPSA) is 73.0 Å². The zero-order valence-electron chi connectivity index (χ0n) is 15.8. The number of benzene rings is 1. The number of amides is 3. The van der Waals surface area contributed by atoms with E-state index >= 15 is 0 Å². The number of hydrogen-bond acceptors (Lipinski definition) is 4. The van der Waals surface area contributed by atoms with E-state index in [0.717, 1.165) is 38.4 Å². The molecular weight excluding hydrogens is 332 g/mol. The van der Waals surface area contributed by atoms with Gasteiger partial charge >= 0.3 is 0 Å². The third-order valence-electron chi connectivity index (χ3n) is 4.60. The van der Waals surface area contributed by atoms with Gasteiger partial charge in [-0.25, -0.2) is 0 Å². The molecule has 0 aromatic heterocycles. The maximum atomic E-state index is 12.4. The van der Waals surface area contributed by atoms with Crippen LogP contribution >= 0.6 is 0 Å². The van der Waals surface area contributed by atoms with E-state index in [1.165, 1.54) is 13.8 Å². The van der Waals surface area contributed by atoms with Crippen LogP contribution < -0.4 is 10.2 Å². The molecule has 1 aromatic carbocycles. The second-order valence-corrected chi connectivity index (χ2v) is 6.46. The molecule has 2 rings (SSSR count). The van der Waals surface area contributed by atoms with Crippen molar-refractivity contribution in [3.8, 4) is 0 Å². The van der Waals surface area contributed by atoms with Crippen molar-refractivity contribution in [2.24, 2.45) is 0 Å². The Balaban J connectivity index is 1.93. The molecule has 1 aromatic rings. The number of nitrogens with zero attached hydrogens (tertiary/aromatic N) is 3. The third-order valence-corrected chi connectivity index (χ3v) is 4.60. The Labute approximate surface area is 154 Å². The molecule has 1 heterocycles. The molecule has 0 radical (unpaired) electrons. The highest BCUT2D eigenvalue weighted by Crippen LogP contribution is 2.19. The molecule has 1 fully saturated rings. The Morgan fingerprint density at radius 2 is 1.65 bits per heavy atom. The maximum absolute atomic E-state index is 12.4. The molecule has 0 aliphatic carbocycles. The molecule has 1 aliphatic heterocycles. The molecule has 7 heteroatoms. The zero-order valence-corrected chi connectivity index (χ0v) is 15.8. The average Bonchev–Trinajstić information content (AvgIpc) is 2.62. The van der Waals surface area contributed by atoms with E-state index < -0.39 is 0 Å². The number of nitrogens with one attached hydrogen (secondary N) is 1. The van der Waals surface area contributed by atoms with Gasteiger partial charge in [0.15, 0.2) is 0 Å². The Kier molecular flexibility index (Phi) is 7.15. The Morgan fingerprint density at radius 3 is 2.15 bits per heavy atom. The number of carbonyl (C=O) groups excluding carboxylic acids is 3. The molecule has 26 heavy (non-hydrogen) atoms. The first-order valence-electron chi connectivity index (χ1n) is 9.06. The van der Waals surface area contributed by atoms with E-state index in [0.29, 0.717) is 18.7 Å². The summed E-state index contributed by atoms with van der Waals surface area (Å²) >= 11 is 0. The van der Waals surface area contributed by atoms with Gasteiger partial charge in [0, 0.05) is 64.4 Å². The van der Waals surface area contributed by atoms with E-state index in [1.807, 2.05) is 4.90 Å². The van der Waals surface area contributed by atoms with Crippen molar-refractivity contribution in [3.63, 3.8) is 0 Å². The summed E-state index contributed by atoms with van der Waals surface area (Å²) in [5, 5.41) is 2.69. The molecule has 0 bridgehead atoms. The van der Waals surface area contributed by atoms with Crippen molar-refractivity contribution < 1.29 is 14.4 Å². The maximum Gasteiger partial charge on any atom is 0.224 e. The number of carbonyl (C=O) groups is 3. The van der Waals surface area contributed by atoms with Crippen LogP contribution in [0.25, 0.3) is 0 Å². The van der Waals surface area contributed by atoms with Crippen LogP contribution in [0, 0.1) is 0 Å². The second kappa shape index (κ2) is 9.33. The SMILES string of the molecule is CCN1CCN(C(=O)CCN(C(C)=O)c2ccc(NC(C)=O)cc2)CC1. The van der Waals surface area contributed by atoms with Crippen molar-refractivity contribution in [1.82, 2.24) is 9.80 Å². The molecule has 1 N–H and O–H groups in total. The molecular formula is C19H28N4O3. The lowest BCUT2D eigenvalue weighted by Gasteiger charge is -2.34. The lowest BCUT2D eigenvalue weighted by atomic mass is 10.2. The van der Waals surface area contributed by atoms with E-state index in [2.05, 4.69) is 17.1 Å². The summed E-state index contributed by atoms with van der Waals surface area (Å²) in [6.45, 7) is 9.73. The van der Waals surface area contributed by atoms with Gasteiger partial charge in [-0.05, 0) is 30.8 Å². The van der Waals surface area contributed by atoms with Gasteiger partial charge < -0.3 is 20.0 Å². The third kappa shape index (κ3) is 5.56. The molecule has 0 unspecified atom stereocenters. The molecule has 7 nitrogen and oxygen atoms in total. The predicted molar refractivity (Wildman–Crippen MR) is 102 cm³/mol. The van der Waals surface area contributed by atoms with Gasteiger partial charge in [-0.1, -0.05) is 6.92 Å². The fourth-order valence-electron chi connectivity index (χ4n) is 3.08. The molecule has 0 saturated carbocycles. The fraction of sp³-hybridized carbons (Fsp3) is 0.526. The Morgan fingerprint density at radius 1 is 1.04 bits per heavy atom. The van der Waals surface area contributed by atoms with Crippen LogP contribution in [0.3, 0.4) is 0 Å². The largest absolute Gasteiger partial charge is 0.340 e. The van der Waals surface area contributed by atoms with Crippen LogP contribution in [0.5, 0.6) is 0 Å². The average molecular weight is 360 g/mol. The van der Waals surface area contributed by atoms with E-state index in [9.17, 15) is 14.4 Å². The normalized spacial score (nSPS) is 14.8. The van der Waals surface area contributed by atoms with Crippen molar-refractivity contribution >= 4 is 29.1 Å². The molecule has 3 amide bonds. The van der Waals surface area contributed by atoms with Crippen molar-refractivity contribution in [1.29, 1.82) is 0 Å². The van der Waals surface area contributed by atoms with E-state index in [-0.39, 0.29) is 17.7 Å². The molecule has 1 saturated heterocycles. The summed E-state index contributed by atoms with van der Waals surface area (Å²) in [6, 6.07) is 7.05. The molecule has 142 valence electrons. The number of piperazine rings is 1. The molecule has 0 atom stereocenters. The van der Waals surface area contributed by atoms with E-state index in [4.69, 9.17) is 0 Å². The monoisotopic (exact) mass is 360 g/mol. The predicted octanol–water partition coefficient (Wildman–Crippen LogP) is 1.55. The first-order chi connectivity index (χ1) is 12.4. The van der Waals surface area contributed by atoms with Gasteiger partial charge in [-0.3, -0.25) is 14.4 Å². The van der Waals surface area contributed by atoms with Gasteiger partial charge in [0.2, 0.25) is 17.7 Å². The minimum absolute atomic E-state index is 0.0851. The van der Waals surface area contributed by atoms with Crippen LogP contribution in [0.1, 0.15) is 27.2 Å². The number of likely N-dealkylation sites (N-methyl/N-ethyl adjacent to an activating group) is 1. The van der Waals surface area contributed by atoms with Crippen molar-refractivity contribution in [3.05, 3.63) is 24.3 Å². The van der Waals surface area contributed by atoms with Gasteiger partial charge in [0.25, 0.3) is 0 Å². The van der Waals surface area contributed by atoms with Gasteiger partial charge in [-0.2, -0.15) is 0 Å². The van der Waals surface area contributed by atoms with Crippen LogP contribution in [0.4, 0.5) is 11.4 Å². The smallest absolute Gasteiger partial charge is 0.224 e. The van der Waals surface area contributed by atoms with Crippen molar-refractivity contribution in [2.45, 2.75) is 27.2 Å². The van der Waals surface area contributed by atoms with Crippen molar-refractivity contribution in [2.75, 3.05) is 49.5 Å². The first-order valence-corrected chi connectivity index (χ1v) is 9.06. The summed E-state index contributed by atoms with van der Waals surface area (Å²) in [5.41, 5.74) is 1.39. The highest BCUT2D eigenvalue weighted by Gasteiger charge is 2.21. The van der Waals surface area contributed by atoms with E-state index in [1.54, 1.807) is 29.2 Å². The Hall–Kier alpha value is -2.41. The fourth-order valence-corrected chi connectivity index (χ4v) is 3.08. The minimum Gasteiger partial charge on any atom is -0.340 e. The lowest BCUT2D eigenvalue weighted by Crippen LogP contribution is -2.49. The lowest BCUT2D eigenvalue weighted by molar-refractivity contribution is -0.132. The quantitative estimate of drug-likeness (QED) is 0.835. The number of rotatable bonds is 6. The van der Waals surface area contributed by atoms with Gasteiger partial charge in [0.1, 0.15) is 0 Å². The summed E-state index contributed by atoms with van der Waals surface area (Å²) < 4.78 is 0. The standard InChI is InChI=1S/C19H28N4O3/c1-4-21-11-13-22(14-12-21)19(26)9-10-23(16(3)25)18-7-5-17(6-8-18)20-15(2)24/h5-8H,4,9-14H2,1-3H3,(H,20,24). The minimum atomic E-state index is -0.144. The van der Waals surface area contributed by atoms with Gasteiger partial charge in [-0.15, -0.1) is 0 Å². The summed E-state index contributed by atoms with van der Waals surface area (Å²) in [5.74, 6) is -0.169.